The molecule has 2 aromatic rings. The fourth-order valence-electron chi connectivity index (χ4n) is 2.77. The first-order valence-corrected chi connectivity index (χ1v) is 7.21. The summed E-state index contributed by atoms with van der Waals surface area (Å²) in [6.45, 7) is 4.49. The molecule has 0 spiro atoms. The van der Waals surface area contributed by atoms with Gasteiger partial charge >= 0.3 is 0 Å². The standard InChI is InChI=1S/C18H20N2/c1-13(2)16-11-15(10-14-6-4-3-5-7-14)8-9-18-17(16)12-19-20-18/h3-9,11-13,15H,10H2,1-2H3,(H,19,20). The van der Waals surface area contributed by atoms with Gasteiger partial charge in [0, 0.05) is 5.56 Å². The molecule has 1 aliphatic carbocycles. The van der Waals surface area contributed by atoms with E-state index in [4.69, 9.17) is 0 Å². The van der Waals surface area contributed by atoms with E-state index in [0.717, 1.165) is 12.1 Å². The highest BCUT2D eigenvalue weighted by molar-refractivity contribution is 5.75. The van der Waals surface area contributed by atoms with Gasteiger partial charge in [0.25, 0.3) is 0 Å². The summed E-state index contributed by atoms with van der Waals surface area (Å²) in [6, 6.07) is 10.7. The van der Waals surface area contributed by atoms with Crippen molar-refractivity contribution in [3.63, 3.8) is 0 Å². The number of hydrogen-bond donors (Lipinski definition) is 1. The minimum atomic E-state index is 0.440. The minimum Gasteiger partial charge on any atom is -0.278 e. The average molecular weight is 264 g/mol. The summed E-state index contributed by atoms with van der Waals surface area (Å²) in [5.74, 6) is 0.945. The number of hydrogen-bond acceptors (Lipinski definition) is 1. The number of aromatic nitrogens is 2. The van der Waals surface area contributed by atoms with Crippen LogP contribution in [0.25, 0.3) is 11.6 Å². The topological polar surface area (TPSA) is 28.7 Å². The van der Waals surface area contributed by atoms with Gasteiger partial charge in [0.05, 0.1) is 11.9 Å². The maximum Gasteiger partial charge on any atom is 0.0650 e. The zero-order valence-corrected chi connectivity index (χ0v) is 12.0. The van der Waals surface area contributed by atoms with Gasteiger partial charge in [-0.15, -0.1) is 0 Å². The van der Waals surface area contributed by atoms with E-state index in [1.807, 2.05) is 6.20 Å². The zero-order chi connectivity index (χ0) is 13.9. The molecular weight excluding hydrogens is 244 g/mol. The Morgan fingerprint density at radius 2 is 2.00 bits per heavy atom. The quantitative estimate of drug-likeness (QED) is 0.878. The molecule has 0 radical (unpaired) electrons. The molecule has 0 aliphatic heterocycles. The Hall–Kier alpha value is -2.09. The van der Waals surface area contributed by atoms with Gasteiger partial charge in [-0.2, -0.15) is 5.10 Å². The third kappa shape index (κ3) is 2.60. The number of H-pyrrole nitrogens is 1. The van der Waals surface area contributed by atoms with Gasteiger partial charge < -0.3 is 0 Å². The largest absolute Gasteiger partial charge is 0.278 e. The van der Waals surface area contributed by atoms with Gasteiger partial charge in [-0.3, -0.25) is 5.10 Å². The molecule has 1 heterocycles. The SMILES string of the molecule is CC(C)C1=CC(Cc2ccccc2)C=Cc2[nH]ncc21. The Labute approximate surface area is 120 Å². The lowest BCUT2D eigenvalue weighted by atomic mass is 9.91. The summed E-state index contributed by atoms with van der Waals surface area (Å²) < 4.78 is 0. The third-order valence-electron chi connectivity index (χ3n) is 3.82. The maximum absolute atomic E-state index is 4.17. The highest BCUT2D eigenvalue weighted by Crippen LogP contribution is 2.31. The number of rotatable bonds is 3. The van der Waals surface area contributed by atoms with Crippen LogP contribution < -0.4 is 0 Å². The predicted molar refractivity (Wildman–Crippen MR) is 84.1 cm³/mol. The van der Waals surface area contributed by atoms with Crippen LogP contribution >= 0.6 is 0 Å². The number of allylic oxidation sites excluding steroid dienone is 3. The normalized spacial score (nSPS) is 17.8. The summed E-state index contributed by atoms with van der Waals surface area (Å²) in [4.78, 5) is 0. The second kappa shape index (κ2) is 5.49. The van der Waals surface area contributed by atoms with Crippen LogP contribution in [0.3, 0.4) is 0 Å². The van der Waals surface area contributed by atoms with Crippen molar-refractivity contribution in [2.75, 3.05) is 0 Å². The fourth-order valence-corrected chi connectivity index (χ4v) is 2.77. The molecule has 0 saturated heterocycles. The smallest absolute Gasteiger partial charge is 0.0650 e. The maximum atomic E-state index is 4.17. The van der Waals surface area contributed by atoms with Crippen LogP contribution in [0.5, 0.6) is 0 Å². The summed E-state index contributed by atoms with van der Waals surface area (Å²) >= 11 is 0. The Morgan fingerprint density at radius 3 is 2.75 bits per heavy atom. The molecule has 102 valence electrons. The number of nitrogens with one attached hydrogen (secondary N) is 1. The van der Waals surface area contributed by atoms with E-state index in [1.54, 1.807) is 0 Å². The number of benzene rings is 1. The summed E-state index contributed by atoms with van der Waals surface area (Å²) in [5.41, 5.74) is 5.14. The molecule has 0 bridgehead atoms. The molecule has 0 saturated carbocycles. The molecule has 1 N–H and O–H groups in total. The van der Waals surface area contributed by atoms with Gasteiger partial charge in [0.2, 0.25) is 0 Å². The van der Waals surface area contributed by atoms with E-state index in [-0.39, 0.29) is 0 Å². The number of nitrogens with zero attached hydrogens (tertiary/aromatic N) is 1. The van der Waals surface area contributed by atoms with E-state index in [0.29, 0.717) is 11.8 Å². The van der Waals surface area contributed by atoms with Crippen LogP contribution in [0.2, 0.25) is 0 Å². The van der Waals surface area contributed by atoms with Gasteiger partial charge in [-0.1, -0.05) is 56.3 Å². The number of aromatic amines is 1. The Bertz CT molecular complexity index is 632. The Balaban J connectivity index is 1.92. The molecule has 1 aromatic carbocycles. The first kappa shape index (κ1) is 12.9. The molecule has 1 atom stereocenters. The van der Waals surface area contributed by atoms with E-state index < -0.39 is 0 Å². The van der Waals surface area contributed by atoms with Gasteiger partial charge in [0.15, 0.2) is 0 Å². The number of fused-ring (bicyclic) bond motifs is 1. The predicted octanol–water partition coefficient (Wildman–Crippen LogP) is 4.33. The lowest BCUT2D eigenvalue weighted by molar-refractivity contribution is 0.787. The summed E-state index contributed by atoms with van der Waals surface area (Å²) in [6.07, 6.45) is 9.83. The highest BCUT2D eigenvalue weighted by atomic mass is 15.1. The lowest BCUT2D eigenvalue weighted by Crippen LogP contribution is -2.01. The molecular formula is C18H20N2. The van der Waals surface area contributed by atoms with Crippen molar-refractivity contribution in [2.45, 2.75) is 20.3 Å². The molecule has 3 rings (SSSR count). The van der Waals surface area contributed by atoms with Gasteiger partial charge in [-0.05, 0) is 35.5 Å². The van der Waals surface area contributed by atoms with Crippen molar-refractivity contribution in [3.8, 4) is 0 Å². The Kier molecular flexibility index (Phi) is 3.55. The first-order valence-electron chi connectivity index (χ1n) is 7.21. The van der Waals surface area contributed by atoms with Crippen LogP contribution in [-0.4, -0.2) is 10.2 Å². The van der Waals surface area contributed by atoms with Crippen molar-refractivity contribution >= 4 is 11.6 Å². The van der Waals surface area contributed by atoms with Gasteiger partial charge in [0.1, 0.15) is 0 Å². The monoisotopic (exact) mass is 264 g/mol. The lowest BCUT2D eigenvalue weighted by Gasteiger charge is -2.13. The van der Waals surface area contributed by atoms with Crippen LogP contribution in [-0.2, 0) is 6.42 Å². The molecule has 1 aliphatic rings. The molecule has 2 heteroatoms. The van der Waals surface area contributed by atoms with Crippen molar-refractivity contribution in [1.29, 1.82) is 0 Å². The minimum absolute atomic E-state index is 0.440. The third-order valence-corrected chi connectivity index (χ3v) is 3.82. The van der Waals surface area contributed by atoms with Crippen LogP contribution in [0.15, 0.2) is 48.7 Å². The molecule has 1 unspecified atom stereocenters. The van der Waals surface area contributed by atoms with Crippen LogP contribution in [0, 0.1) is 11.8 Å². The van der Waals surface area contributed by atoms with Crippen molar-refractivity contribution in [1.82, 2.24) is 10.2 Å². The van der Waals surface area contributed by atoms with Gasteiger partial charge in [-0.25, -0.2) is 0 Å². The van der Waals surface area contributed by atoms with E-state index >= 15 is 0 Å². The first-order chi connectivity index (χ1) is 9.74. The van der Waals surface area contributed by atoms with E-state index in [9.17, 15) is 0 Å². The molecule has 2 nitrogen and oxygen atoms in total. The molecule has 20 heavy (non-hydrogen) atoms. The van der Waals surface area contributed by atoms with Crippen molar-refractivity contribution in [3.05, 3.63) is 65.5 Å². The molecule has 0 amide bonds. The summed E-state index contributed by atoms with van der Waals surface area (Å²) in [7, 11) is 0. The van der Waals surface area contributed by atoms with E-state index in [1.165, 1.54) is 16.7 Å². The highest BCUT2D eigenvalue weighted by Gasteiger charge is 2.17. The second-order valence-electron chi connectivity index (χ2n) is 5.69. The van der Waals surface area contributed by atoms with Crippen molar-refractivity contribution < 1.29 is 0 Å². The molecule has 0 fully saturated rings. The molecule has 1 aromatic heterocycles. The summed E-state index contributed by atoms with van der Waals surface area (Å²) in [5, 5.41) is 7.26. The zero-order valence-electron chi connectivity index (χ0n) is 12.0. The van der Waals surface area contributed by atoms with Crippen LogP contribution in [0.4, 0.5) is 0 Å². The van der Waals surface area contributed by atoms with E-state index in [2.05, 4.69) is 72.6 Å². The Morgan fingerprint density at radius 1 is 1.20 bits per heavy atom. The fraction of sp³-hybridized carbons (Fsp3) is 0.278. The second-order valence-corrected chi connectivity index (χ2v) is 5.69. The average Bonchev–Trinajstić information content (AvgIpc) is 2.84. The van der Waals surface area contributed by atoms with Crippen molar-refractivity contribution in [2.24, 2.45) is 11.8 Å². The van der Waals surface area contributed by atoms with Crippen LogP contribution in [0.1, 0.15) is 30.7 Å².